The smallest absolute Gasteiger partial charge is 0.147 e. The summed E-state index contributed by atoms with van der Waals surface area (Å²) in [5.41, 5.74) is 4.72. The molecule has 0 saturated heterocycles. The molecule has 2 aromatic heterocycles. The van der Waals surface area contributed by atoms with Gasteiger partial charge in [0.25, 0.3) is 0 Å². The summed E-state index contributed by atoms with van der Waals surface area (Å²) in [4.78, 5) is 11.2. The van der Waals surface area contributed by atoms with E-state index in [9.17, 15) is 5.11 Å². The minimum atomic E-state index is -0.272. The Hall–Kier alpha value is -3.60. The van der Waals surface area contributed by atoms with Crippen LogP contribution in [-0.4, -0.2) is 28.2 Å². The van der Waals surface area contributed by atoms with Crippen LogP contribution in [0.15, 0.2) is 73.1 Å². The van der Waals surface area contributed by atoms with Crippen LogP contribution >= 0.6 is 0 Å². The van der Waals surface area contributed by atoms with Gasteiger partial charge < -0.3 is 15.3 Å². The third kappa shape index (κ3) is 4.31. The van der Waals surface area contributed by atoms with Crippen LogP contribution in [0.4, 0.5) is 11.5 Å². The van der Waals surface area contributed by atoms with E-state index < -0.39 is 0 Å². The second-order valence-electron chi connectivity index (χ2n) is 7.64. The lowest BCUT2D eigenvalue weighted by atomic mass is 9.96. The van der Waals surface area contributed by atoms with E-state index in [4.69, 9.17) is 0 Å². The molecule has 31 heavy (non-hydrogen) atoms. The maximum Gasteiger partial charge on any atom is 0.147 e. The molecule has 158 valence electrons. The minimum Gasteiger partial charge on any atom is -0.505 e. The van der Waals surface area contributed by atoms with Gasteiger partial charge in [-0.1, -0.05) is 30.3 Å². The van der Waals surface area contributed by atoms with Crippen molar-refractivity contribution < 1.29 is 5.11 Å². The molecule has 0 radical (unpaired) electrons. The van der Waals surface area contributed by atoms with Crippen LogP contribution in [-0.2, 0) is 0 Å². The number of aromatic hydroxyl groups is 1. The second kappa shape index (κ2) is 9.04. The first-order valence-electron chi connectivity index (χ1n) is 10.7. The molecule has 0 aliphatic carbocycles. The average molecular weight is 413 g/mol. The lowest BCUT2D eigenvalue weighted by Gasteiger charge is -2.24. The zero-order chi connectivity index (χ0) is 21.8. The second-order valence-corrected chi connectivity index (χ2v) is 7.64. The first kappa shape index (κ1) is 20.7. The molecule has 2 N–H and O–H groups in total. The van der Waals surface area contributed by atoms with E-state index in [1.54, 1.807) is 12.4 Å². The molecule has 5 nitrogen and oxygen atoms in total. The van der Waals surface area contributed by atoms with Crippen LogP contribution in [0.3, 0.4) is 0 Å². The van der Waals surface area contributed by atoms with Crippen molar-refractivity contribution in [3.63, 3.8) is 0 Å². The summed E-state index contributed by atoms with van der Waals surface area (Å²) in [6.45, 7) is 8.28. The fourth-order valence-electron chi connectivity index (χ4n) is 3.95. The number of hydrogen-bond donors (Lipinski definition) is 2. The third-order valence-corrected chi connectivity index (χ3v) is 5.65. The number of benzene rings is 2. The van der Waals surface area contributed by atoms with Gasteiger partial charge in [0.15, 0.2) is 0 Å². The summed E-state index contributed by atoms with van der Waals surface area (Å²) in [6, 6.07) is 20.0. The summed E-state index contributed by atoms with van der Waals surface area (Å²) in [5, 5.41) is 15.5. The molecule has 0 aliphatic heterocycles. The van der Waals surface area contributed by atoms with Gasteiger partial charge in [-0.25, -0.2) is 4.98 Å². The number of fused-ring (bicyclic) bond motifs is 1. The largest absolute Gasteiger partial charge is 0.505 e. The van der Waals surface area contributed by atoms with Gasteiger partial charge in [-0.3, -0.25) is 4.98 Å². The highest BCUT2D eigenvalue weighted by Crippen LogP contribution is 2.36. The third-order valence-electron chi connectivity index (χ3n) is 5.65. The normalized spacial score (nSPS) is 12.0. The number of anilines is 2. The number of rotatable bonds is 7. The quantitative estimate of drug-likeness (QED) is 0.408. The summed E-state index contributed by atoms with van der Waals surface area (Å²) in [7, 11) is 0. The lowest BCUT2D eigenvalue weighted by molar-refractivity contribution is 0.471. The van der Waals surface area contributed by atoms with Crippen molar-refractivity contribution in [2.75, 3.05) is 23.3 Å². The van der Waals surface area contributed by atoms with Crippen molar-refractivity contribution in [3.8, 4) is 5.75 Å². The molecule has 0 bridgehead atoms. The molecule has 2 heterocycles. The topological polar surface area (TPSA) is 61.3 Å². The molecule has 5 heteroatoms. The Labute approximate surface area is 183 Å². The zero-order valence-corrected chi connectivity index (χ0v) is 18.2. The van der Waals surface area contributed by atoms with Gasteiger partial charge in [0.2, 0.25) is 0 Å². The number of phenols is 1. The first-order valence-corrected chi connectivity index (χ1v) is 10.7. The molecule has 0 fully saturated rings. The van der Waals surface area contributed by atoms with Gasteiger partial charge in [-0.15, -0.1) is 0 Å². The molecule has 0 saturated carbocycles. The van der Waals surface area contributed by atoms with Gasteiger partial charge in [-0.05, 0) is 62.2 Å². The van der Waals surface area contributed by atoms with Crippen molar-refractivity contribution in [1.82, 2.24) is 9.97 Å². The molecular weight excluding hydrogens is 384 g/mol. The molecule has 0 aliphatic rings. The van der Waals surface area contributed by atoms with Gasteiger partial charge in [0.1, 0.15) is 17.1 Å². The Morgan fingerprint density at radius 2 is 1.71 bits per heavy atom. The average Bonchev–Trinajstić information content (AvgIpc) is 2.80. The lowest BCUT2D eigenvalue weighted by Crippen LogP contribution is -2.21. The van der Waals surface area contributed by atoms with Crippen LogP contribution in [0.1, 0.15) is 36.6 Å². The molecule has 0 amide bonds. The van der Waals surface area contributed by atoms with E-state index in [1.807, 2.05) is 43.3 Å². The highest BCUT2D eigenvalue weighted by molar-refractivity contribution is 5.86. The van der Waals surface area contributed by atoms with Gasteiger partial charge in [-0.2, -0.15) is 0 Å². The highest BCUT2D eigenvalue weighted by atomic mass is 16.3. The summed E-state index contributed by atoms with van der Waals surface area (Å²) in [6.07, 6.45) is 3.50. The highest BCUT2D eigenvalue weighted by Gasteiger charge is 2.21. The van der Waals surface area contributed by atoms with E-state index in [0.717, 1.165) is 41.0 Å². The van der Waals surface area contributed by atoms with Crippen LogP contribution in [0, 0.1) is 6.92 Å². The van der Waals surface area contributed by atoms with E-state index in [1.165, 1.54) is 5.69 Å². The Balaban J connectivity index is 1.79. The molecule has 2 aromatic carbocycles. The maximum absolute atomic E-state index is 11.1. The van der Waals surface area contributed by atoms with E-state index in [-0.39, 0.29) is 11.8 Å². The van der Waals surface area contributed by atoms with Crippen molar-refractivity contribution >= 4 is 22.4 Å². The van der Waals surface area contributed by atoms with E-state index in [2.05, 4.69) is 58.3 Å². The van der Waals surface area contributed by atoms with Crippen molar-refractivity contribution in [2.24, 2.45) is 0 Å². The van der Waals surface area contributed by atoms with Crippen LogP contribution in [0.5, 0.6) is 5.75 Å². The van der Waals surface area contributed by atoms with Crippen LogP contribution < -0.4 is 10.2 Å². The number of aryl methyl sites for hydroxylation is 1. The fraction of sp³-hybridized carbons (Fsp3) is 0.231. The predicted molar refractivity (Wildman–Crippen MR) is 128 cm³/mol. The summed E-state index contributed by atoms with van der Waals surface area (Å²) >= 11 is 0. The van der Waals surface area contributed by atoms with Gasteiger partial charge in [0, 0.05) is 42.1 Å². The summed E-state index contributed by atoms with van der Waals surface area (Å²) < 4.78 is 0. The van der Waals surface area contributed by atoms with E-state index >= 15 is 0 Å². The molecule has 0 spiro atoms. The van der Waals surface area contributed by atoms with Crippen molar-refractivity contribution in [3.05, 3.63) is 89.7 Å². The predicted octanol–water partition coefficient (Wildman–Crippen LogP) is 5.69. The van der Waals surface area contributed by atoms with Crippen LogP contribution in [0.25, 0.3) is 10.9 Å². The Morgan fingerprint density at radius 3 is 2.42 bits per heavy atom. The number of nitrogens with zero attached hydrogens (tertiary/aromatic N) is 3. The van der Waals surface area contributed by atoms with Crippen LogP contribution in [0.2, 0.25) is 0 Å². The number of aromatic nitrogens is 2. The Bertz CT molecular complexity index is 1170. The van der Waals surface area contributed by atoms with Crippen molar-refractivity contribution in [2.45, 2.75) is 26.8 Å². The first-order chi connectivity index (χ1) is 15.1. The zero-order valence-electron chi connectivity index (χ0n) is 18.2. The number of pyridine rings is 2. The molecular formula is C26H28N4O. The summed E-state index contributed by atoms with van der Waals surface area (Å²) in [5.74, 6) is 0.953. The number of nitrogens with one attached hydrogen (secondary N) is 1. The van der Waals surface area contributed by atoms with Gasteiger partial charge in [0.05, 0.1) is 6.04 Å². The monoisotopic (exact) mass is 412 g/mol. The molecule has 4 rings (SSSR count). The molecule has 4 aromatic rings. The number of phenolic OH excluding ortho intramolecular Hbond substituents is 1. The fourth-order valence-corrected chi connectivity index (χ4v) is 3.95. The SMILES string of the molecule is CCN(CC)c1ccc(C(Nc2cc(C)ccn2)c2ccc3cccnc3c2O)cc1. The minimum absolute atomic E-state index is 0.191. The van der Waals surface area contributed by atoms with Gasteiger partial charge >= 0.3 is 0 Å². The Kier molecular flexibility index (Phi) is 6.03. The maximum atomic E-state index is 11.1. The molecule has 1 atom stereocenters. The van der Waals surface area contributed by atoms with E-state index in [0.29, 0.717) is 5.52 Å². The number of hydrogen-bond acceptors (Lipinski definition) is 5. The Morgan fingerprint density at radius 1 is 0.935 bits per heavy atom. The molecule has 1 unspecified atom stereocenters. The van der Waals surface area contributed by atoms with Crippen molar-refractivity contribution in [1.29, 1.82) is 0 Å². The standard InChI is InChI=1S/C26H28N4O/c1-4-30(5-2)21-11-8-20(9-12-21)24(29-23-17-18(3)14-16-27-23)22-13-10-19-7-6-15-28-25(19)26(22)31/h6-17,24,31H,4-5H2,1-3H3,(H,27,29).